The fraction of sp³-hybridized carbons (Fsp3) is 0.143. The Morgan fingerprint density at radius 3 is 2.56 bits per heavy atom. The van der Waals surface area contributed by atoms with Crippen molar-refractivity contribution in [2.24, 2.45) is 0 Å². The summed E-state index contributed by atoms with van der Waals surface area (Å²) in [5, 5.41) is 0. The van der Waals surface area contributed by atoms with Gasteiger partial charge >= 0.3 is 0 Å². The molecule has 44 valence electrons. The van der Waals surface area contributed by atoms with Gasteiger partial charge in [-0.2, -0.15) is 0 Å². The monoisotopic (exact) mass is 120 g/mol. The Kier molecular flexibility index (Phi) is 1.56. The summed E-state index contributed by atoms with van der Waals surface area (Å²) in [4.78, 5) is 0. The first-order valence-electron chi connectivity index (χ1n) is 2.72. The Hall–Kier alpha value is -0.785. The second kappa shape index (κ2) is 2.22. The number of hydrogen-bond acceptors (Lipinski definition) is 0. The standard InChI is InChI=1S/C7H6BF/c1-5-3-2-4-6(9)7(5)8/h2-4H,1H3. The van der Waals surface area contributed by atoms with Crippen LogP contribution in [-0.4, -0.2) is 7.85 Å². The van der Waals surface area contributed by atoms with Crippen molar-refractivity contribution in [2.75, 3.05) is 0 Å². The smallest absolute Gasteiger partial charge is 0.118 e. The van der Waals surface area contributed by atoms with Crippen LogP contribution in [-0.2, 0) is 0 Å². The maximum atomic E-state index is 12.5. The summed E-state index contributed by atoms with van der Waals surface area (Å²) >= 11 is 0. The first-order chi connectivity index (χ1) is 4.22. The molecule has 1 aromatic carbocycles. The molecule has 0 N–H and O–H groups in total. The molecule has 0 nitrogen and oxygen atoms in total. The first kappa shape index (κ1) is 6.34. The van der Waals surface area contributed by atoms with Crippen LogP contribution in [0.1, 0.15) is 5.56 Å². The topological polar surface area (TPSA) is 0 Å². The summed E-state index contributed by atoms with van der Waals surface area (Å²) in [7, 11) is 5.31. The van der Waals surface area contributed by atoms with Crippen LogP contribution >= 0.6 is 0 Å². The molecule has 0 spiro atoms. The molecule has 1 aromatic rings. The molecular formula is C7H6BF. The van der Waals surface area contributed by atoms with Crippen molar-refractivity contribution in [3.8, 4) is 0 Å². The highest BCUT2D eigenvalue weighted by molar-refractivity contribution is 6.33. The second-order valence-corrected chi connectivity index (χ2v) is 1.97. The number of halogens is 1. The van der Waals surface area contributed by atoms with Crippen LogP contribution < -0.4 is 5.46 Å². The molecule has 0 atom stereocenters. The number of aryl methyl sites for hydroxylation is 1. The van der Waals surface area contributed by atoms with E-state index < -0.39 is 0 Å². The van der Waals surface area contributed by atoms with Crippen LogP contribution in [0.5, 0.6) is 0 Å². The maximum Gasteiger partial charge on any atom is 0.118 e. The highest BCUT2D eigenvalue weighted by Crippen LogP contribution is 1.95. The minimum absolute atomic E-state index is 0.248. The molecular weight excluding hydrogens is 114 g/mol. The zero-order valence-electron chi connectivity index (χ0n) is 5.19. The molecule has 0 fully saturated rings. The molecule has 0 heterocycles. The van der Waals surface area contributed by atoms with Gasteiger partial charge in [-0.1, -0.05) is 23.2 Å². The number of benzene rings is 1. The number of rotatable bonds is 0. The molecule has 0 bridgehead atoms. The van der Waals surface area contributed by atoms with E-state index in [2.05, 4.69) is 0 Å². The minimum atomic E-state index is -0.338. The Bertz CT molecular complexity index is 200. The molecule has 1 rings (SSSR count). The molecule has 2 heteroatoms. The van der Waals surface area contributed by atoms with E-state index in [0.29, 0.717) is 0 Å². The first-order valence-corrected chi connectivity index (χ1v) is 2.72. The summed E-state index contributed by atoms with van der Waals surface area (Å²) in [6.07, 6.45) is 0. The van der Waals surface area contributed by atoms with E-state index in [1.54, 1.807) is 19.1 Å². The van der Waals surface area contributed by atoms with Crippen LogP contribution in [0.3, 0.4) is 0 Å². The summed E-state index contributed by atoms with van der Waals surface area (Å²) in [5.74, 6) is -0.338. The molecule has 0 aromatic heterocycles. The quantitative estimate of drug-likeness (QED) is 0.446. The van der Waals surface area contributed by atoms with Crippen molar-refractivity contribution < 1.29 is 4.39 Å². The predicted molar refractivity (Wildman–Crippen MR) is 36.5 cm³/mol. The van der Waals surface area contributed by atoms with Gasteiger partial charge in [0.05, 0.1) is 0 Å². The largest absolute Gasteiger partial charge is 0.208 e. The van der Waals surface area contributed by atoms with Gasteiger partial charge in [0.25, 0.3) is 0 Å². The molecule has 0 saturated carbocycles. The van der Waals surface area contributed by atoms with Gasteiger partial charge in [-0.25, -0.2) is 4.39 Å². The summed E-state index contributed by atoms with van der Waals surface area (Å²) in [6.45, 7) is 1.78. The average molecular weight is 120 g/mol. The lowest BCUT2D eigenvalue weighted by molar-refractivity contribution is 0.635. The van der Waals surface area contributed by atoms with Gasteiger partial charge in [0.15, 0.2) is 0 Å². The van der Waals surface area contributed by atoms with E-state index in [1.165, 1.54) is 6.07 Å². The zero-order valence-corrected chi connectivity index (χ0v) is 5.19. The molecule has 2 radical (unpaired) electrons. The van der Waals surface area contributed by atoms with E-state index in [4.69, 9.17) is 7.85 Å². The van der Waals surface area contributed by atoms with E-state index in [9.17, 15) is 4.39 Å². The van der Waals surface area contributed by atoms with Gasteiger partial charge in [0.2, 0.25) is 0 Å². The molecule has 0 amide bonds. The van der Waals surface area contributed by atoms with Crippen LogP contribution in [0.25, 0.3) is 0 Å². The fourth-order valence-electron chi connectivity index (χ4n) is 0.645. The normalized spacial score (nSPS) is 9.56. The lowest BCUT2D eigenvalue weighted by atomic mass is 9.91. The SMILES string of the molecule is [B]c1c(C)cccc1F. The van der Waals surface area contributed by atoms with Gasteiger partial charge in [0, 0.05) is 0 Å². The van der Waals surface area contributed by atoms with Crippen molar-refractivity contribution in [3.05, 3.63) is 29.6 Å². The van der Waals surface area contributed by atoms with Crippen LogP contribution in [0.4, 0.5) is 4.39 Å². The van der Waals surface area contributed by atoms with Crippen molar-refractivity contribution in [1.82, 2.24) is 0 Å². The van der Waals surface area contributed by atoms with Gasteiger partial charge in [-0.15, -0.1) is 0 Å². The van der Waals surface area contributed by atoms with E-state index in [0.717, 1.165) is 5.56 Å². The van der Waals surface area contributed by atoms with Crippen LogP contribution in [0.15, 0.2) is 18.2 Å². The van der Waals surface area contributed by atoms with Crippen molar-refractivity contribution in [2.45, 2.75) is 6.92 Å². The third kappa shape index (κ3) is 1.12. The Morgan fingerprint density at radius 2 is 2.11 bits per heavy atom. The van der Waals surface area contributed by atoms with Crippen molar-refractivity contribution in [3.63, 3.8) is 0 Å². The Balaban J connectivity index is 3.25. The molecule has 0 saturated heterocycles. The van der Waals surface area contributed by atoms with Gasteiger partial charge in [0.1, 0.15) is 13.7 Å². The zero-order chi connectivity index (χ0) is 6.85. The highest BCUT2D eigenvalue weighted by Gasteiger charge is 1.95. The maximum absolute atomic E-state index is 12.5. The van der Waals surface area contributed by atoms with E-state index in [1.807, 2.05) is 0 Å². The van der Waals surface area contributed by atoms with Gasteiger partial charge in [-0.05, 0) is 13.0 Å². The Labute approximate surface area is 55.1 Å². The van der Waals surface area contributed by atoms with E-state index in [-0.39, 0.29) is 11.3 Å². The molecule has 0 aliphatic rings. The Morgan fingerprint density at radius 1 is 1.44 bits per heavy atom. The highest BCUT2D eigenvalue weighted by atomic mass is 19.1. The summed E-state index contributed by atoms with van der Waals surface area (Å²) in [5.41, 5.74) is 1.03. The second-order valence-electron chi connectivity index (χ2n) is 1.97. The third-order valence-electron chi connectivity index (χ3n) is 1.27. The van der Waals surface area contributed by atoms with Gasteiger partial charge < -0.3 is 0 Å². The minimum Gasteiger partial charge on any atom is -0.208 e. The molecule has 9 heavy (non-hydrogen) atoms. The predicted octanol–water partition coefficient (Wildman–Crippen LogP) is 0.928. The summed E-state index contributed by atoms with van der Waals surface area (Å²) in [6, 6.07) is 4.77. The van der Waals surface area contributed by atoms with E-state index >= 15 is 0 Å². The van der Waals surface area contributed by atoms with Crippen LogP contribution in [0.2, 0.25) is 0 Å². The fourth-order valence-corrected chi connectivity index (χ4v) is 0.645. The lowest BCUT2D eigenvalue weighted by Crippen LogP contribution is -2.11. The number of hydrogen-bond donors (Lipinski definition) is 0. The van der Waals surface area contributed by atoms with Crippen LogP contribution in [0, 0.1) is 12.7 Å². The third-order valence-corrected chi connectivity index (χ3v) is 1.27. The van der Waals surface area contributed by atoms with Gasteiger partial charge in [-0.3, -0.25) is 0 Å². The molecule has 0 aliphatic heterocycles. The summed E-state index contributed by atoms with van der Waals surface area (Å²) < 4.78 is 12.5. The van der Waals surface area contributed by atoms with Crippen molar-refractivity contribution >= 4 is 13.3 Å². The lowest BCUT2D eigenvalue weighted by Gasteiger charge is -1.98. The van der Waals surface area contributed by atoms with Crippen molar-refractivity contribution in [1.29, 1.82) is 0 Å². The molecule has 0 unspecified atom stereocenters. The average Bonchev–Trinajstić information content (AvgIpc) is 1.83. The molecule has 0 aliphatic carbocycles.